The molecule has 0 spiro atoms. The lowest BCUT2D eigenvalue weighted by molar-refractivity contribution is 0.0722. The third kappa shape index (κ3) is 4.22. The number of aromatic nitrogens is 2. The fourth-order valence-corrected chi connectivity index (χ4v) is 4.17. The molecule has 1 aromatic heterocycles. The van der Waals surface area contributed by atoms with E-state index in [1.54, 1.807) is 7.11 Å². The summed E-state index contributed by atoms with van der Waals surface area (Å²) >= 11 is 0. The van der Waals surface area contributed by atoms with Gasteiger partial charge in [0.15, 0.2) is 0 Å². The summed E-state index contributed by atoms with van der Waals surface area (Å²) in [7, 11) is 1.65. The van der Waals surface area contributed by atoms with Crippen LogP contribution < -0.4 is 9.47 Å². The maximum absolute atomic E-state index is 13.3. The van der Waals surface area contributed by atoms with E-state index in [1.807, 2.05) is 41.3 Å². The van der Waals surface area contributed by atoms with Crippen LogP contribution in [0.15, 0.2) is 48.5 Å². The van der Waals surface area contributed by atoms with E-state index in [0.29, 0.717) is 24.8 Å². The molecule has 6 heteroatoms. The smallest absolute Gasteiger partial charge is 0.273 e. The molecule has 0 radical (unpaired) electrons. The molecule has 32 heavy (non-hydrogen) atoms. The number of benzene rings is 2. The monoisotopic (exact) mass is 433 g/mol. The minimum absolute atomic E-state index is 0.00534. The Morgan fingerprint density at radius 3 is 2.38 bits per heavy atom. The summed E-state index contributed by atoms with van der Waals surface area (Å²) in [6, 6.07) is 15.7. The van der Waals surface area contributed by atoms with Crippen LogP contribution in [0.3, 0.4) is 0 Å². The SMILES string of the molecule is CCCCOc1ccc(C2c3c(-c4ccc(OC)cc4)n[nH]c3C(=O)N2CC(C)C)cc1. The van der Waals surface area contributed by atoms with Gasteiger partial charge >= 0.3 is 0 Å². The van der Waals surface area contributed by atoms with E-state index < -0.39 is 0 Å². The number of nitrogens with one attached hydrogen (secondary N) is 1. The Labute approximate surface area is 189 Å². The van der Waals surface area contributed by atoms with Crippen molar-refractivity contribution in [2.45, 2.75) is 39.7 Å². The number of nitrogens with zero attached hydrogens (tertiary/aromatic N) is 2. The minimum Gasteiger partial charge on any atom is -0.497 e. The number of methoxy groups -OCH3 is 1. The molecule has 1 unspecified atom stereocenters. The summed E-state index contributed by atoms with van der Waals surface area (Å²) in [5.41, 5.74) is 4.31. The fourth-order valence-electron chi connectivity index (χ4n) is 4.17. The molecule has 1 amide bonds. The van der Waals surface area contributed by atoms with E-state index in [0.717, 1.165) is 46.7 Å². The number of ether oxygens (including phenoxy) is 2. The number of carbonyl (C=O) groups excluding carboxylic acids is 1. The van der Waals surface area contributed by atoms with E-state index in [9.17, 15) is 4.79 Å². The van der Waals surface area contributed by atoms with Crippen molar-refractivity contribution in [3.05, 3.63) is 65.4 Å². The van der Waals surface area contributed by atoms with Crippen molar-refractivity contribution in [2.75, 3.05) is 20.3 Å². The Bertz CT molecular complexity index is 1050. The molecular formula is C26H31N3O3. The van der Waals surface area contributed by atoms with Gasteiger partial charge in [-0.1, -0.05) is 39.3 Å². The Morgan fingerprint density at radius 1 is 1.06 bits per heavy atom. The van der Waals surface area contributed by atoms with E-state index in [1.165, 1.54) is 0 Å². The summed E-state index contributed by atoms with van der Waals surface area (Å²) in [5.74, 6) is 1.98. The van der Waals surface area contributed by atoms with Gasteiger partial charge < -0.3 is 14.4 Å². The van der Waals surface area contributed by atoms with Crippen LogP contribution in [-0.2, 0) is 0 Å². The van der Waals surface area contributed by atoms with Gasteiger partial charge in [-0.2, -0.15) is 5.10 Å². The van der Waals surface area contributed by atoms with Crippen LogP contribution in [0.4, 0.5) is 0 Å². The number of unbranched alkanes of at least 4 members (excludes halogenated alkanes) is 1. The normalized spacial score (nSPS) is 15.3. The van der Waals surface area contributed by atoms with E-state index in [4.69, 9.17) is 9.47 Å². The first-order valence-corrected chi connectivity index (χ1v) is 11.3. The number of H-pyrrole nitrogens is 1. The second-order valence-corrected chi connectivity index (χ2v) is 8.61. The molecule has 0 bridgehead atoms. The topological polar surface area (TPSA) is 67.5 Å². The average molecular weight is 434 g/mol. The number of amides is 1. The largest absolute Gasteiger partial charge is 0.497 e. The van der Waals surface area contributed by atoms with Crippen LogP contribution in [-0.4, -0.2) is 41.3 Å². The highest BCUT2D eigenvalue weighted by Crippen LogP contribution is 2.43. The predicted octanol–water partition coefficient (Wildman–Crippen LogP) is 5.47. The molecule has 0 saturated carbocycles. The average Bonchev–Trinajstić information content (AvgIpc) is 3.34. The van der Waals surface area contributed by atoms with Crippen molar-refractivity contribution in [2.24, 2.45) is 5.92 Å². The molecule has 168 valence electrons. The molecule has 3 aromatic rings. The van der Waals surface area contributed by atoms with Crippen LogP contribution in [0.5, 0.6) is 11.5 Å². The molecule has 4 rings (SSSR count). The van der Waals surface area contributed by atoms with Crippen molar-refractivity contribution >= 4 is 5.91 Å². The zero-order chi connectivity index (χ0) is 22.7. The van der Waals surface area contributed by atoms with Crippen LogP contribution in [0.25, 0.3) is 11.3 Å². The van der Waals surface area contributed by atoms with Crippen LogP contribution in [0.1, 0.15) is 61.3 Å². The highest BCUT2D eigenvalue weighted by Gasteiger charge is 2.42. The van der Waals surface area contributed by atoms with Gasteiger partial charge in [0, 0.05) is 17.7 Å². The third-order valence-electron chi connectivity index (χ3n) is 5.75. The van der Waals surface area contributed by atoms with Crippen molar-refractivity contribution in [3.63, 3.8) is 0 Å². The maximum Gasteiger partial charge on any atom is 0.273 e. The summed E-state index contributed by atoms with van der Waals surface area (Å²) in [5, 5.41) is 7.55. The first-order valence-electron chi connectivity index (χ1n) is 11.3. The quantitative estimate of drug-likeness (QED) is 0.455. The highest BCUT2D eigenvalue weighted by atomic mass is 16.5. The van der Waals surface area contributed by atoms with Gasteiger partial charge in [-0.25, -0.2) is 0 Å². The summed E-state index contributed by atoms with van der Waals surface area (Å²) in [4.78, 5) is 15.3. The maximum atomic E-state index is 13.3. The molecule has 1 aliphatic heterocycles. The second kappa shape index (κ2) is 9.47. The Morgan fingerprint density at radius 2 is 1.75 bits per heavy atom. The van der Waals surface area contributed by atoms with Crippen LogP contribution in [0, 0.1) is 5.92 Å². The van der Waals surface area contributed by atoms with Crippen molar-refractivity contribution in [1.82, 2.24) is 15.1 Å². The molecule has 0 saturated heterocycles. The molecule has 2 aromatic carbocycles. The van der Waals surface area contributed by atoms with Crippen molar-refractivity contribution in [1.29, 1.82) is 0 Å². The Hall–Kier alpha value is -3.28. The minimum atomic E-state index is -0.194. The highest BCUT2D eigenvalue weighted by molar-refractivity contribution is 6.00. The zero-order valence-electron chi connectivity index (χ0n) is 19.2. The molecule has 2 heterocycles. The van der Waals surface area contributed by atoms with Crippen molar-refractivity contribution < 1.29 is 14.3 Å². The summed E-state index contributed by atoms with van der Waals surface area (Å²) in [6.07, 6.45) is 2.13. The number of rotatable bonds is 9. The first kappa shape index (κ1) is 21.9. The Balaban J connectivity index is 1.73. The lowest BCUT2D eigenvalue weighted by Crippen LogP contribution is -2.32. The van der Waals surface area contributed by atoms with Gasteiger partial charge in [-0.05, 0) is 54.3 Å². The fraction of sp³-hybridized carbons (Fsp3) is 0.385. The number of hydrogen-bond acceptors (Lipinski definition) is 4. The molecule has 1 atom stereocenters. The molecule has 1 N–H and O–H groups in total. The number of fused-ring (bicyclic) bond motifs is 1. The lowest BCUT2D eigenvalue weighted by atomic mass is 9.95. The number of aromatic amines is 1. The molecule has 0 aliphatic carbocycles. The standard InChI is InChI=1S/C26H31N3O3/c1-5-6-15-32-21-13-9-19(10-14-21)25-22-23(18-7-11-20(31-4)12-8-18)27-28-24(22)26(30)29(25)16-17(2)3/h7-14,17,25H,5-6,15-16H2,1-4H3,(H,27,28). The van der Waals surface area contributed by atoms with Gasteiger partial charge in [-0.15, -0.1) is 0 Å². The molecule has 6 nitrogen and oxygen atoms in total. The number of hydrogen-bond donors (Lipinski definition) is 1. The summed E-state index contributed by atoms with van der Waals surface area (Å²) < 4.78 is 11.1. The predicted molar refractivity (Wildman–Crippen MR) is 125 cm³/mol. The van der Waals surface area contributed by atoms with Crippen LogP contribution >= 0.6 is 0 Å². The summed E-state index contributed by atoms with van der Waals surface area (Å²) in [6.45, 7) is 7.79. The zero-order valence-corrected chi connectivity index (χ0v) is 19.2. The molecular weight excluding hydrogens is 402 g/mol. The Kier molecular flexibility index (Phi) is 6.49. The lowest BCUT2D eigenvalue weighted by Gasteiger charge is -2.28. The van der Waals surface area contributed by atoms with E-state index in [2.05, 4.69) is 43.1 Å². The molecule has 1 aliphatic rings. The van der Waals surface area contributed by atoms with Crippen LogP contribution in [0.2, 0.25) is 0 Å². The van der Waals surface area contributed by atoms with E-state index >= 15 is 0 Å². The van der Waals surface area contributed by atoms with Gasteiger partial charge in [0.05, 0.1) is 25.5 Å². The molecule has 0 fully saturated rings. The second-order valence-electron chi connectivity index (χ2n) is 8.61. The van der Waals surface area contributed by atoms with Gasteiger partial charge in [-0.3, -0.25) is 9.89 Å². The third-order valence-corrected chi connectivity index (χ3v) is 5.75. The van der Waals surface area contributed by atoms with Crippen molar-refractivity contribution in [3.8, 4) is 22.8 Å². The van der Waals surface area contributed by atoms with E-state index in [-0.39, 0.29) is 11.9 Å². The van der Waals surface area contributed by atoms with Gasteiger partial charge in [0.2, 0.25) is 0 Å². The first-order chi connectivity index (χ1) is 15.5. The number of carbonyl (C=O) groups is 1. The van der Waals surface area contributed by atoms with Gasteiger partial charge in [0.25, 0.3) is 5.91 Å². The van der Waals surface area contributed by atoms with Gasteiger partial charge in [0.1, 0.15) is 17.2 Å².